The Balaban J connectivity index is 1.97. The molecule has 0 spiro atoms. The predicted octanol–water partition coefficient (Wildman–Crippen LogP) is 3.21. The predicted molar refractivity (Wildman–Crippen MR) is 70.5 cm³/mol. The van der Waals surface area contributed by atoms with Crippen LogP contribution in [-0.4, -0.2) is 30.7 Å². The maximum absolute atomic E-state index is 12.6. The third-order valence-electron chi connectivity index (χ3n) is 3.41. The molecule has 0 radical (unpaired) electrons. The number of likely N-dealkylation sites (tertiary alicyclic amines) is 1. The number of carbonyl (C=O) groups is 1. The summed E-state index contributed by atoms with van der Waals surface area (Å²) in [6.45, 7) is 2.85. The van der Waals surface area contributed by atoms with Crippen LogP contribution < -0.4 is 5.32 Å². The molecule has 0 aliphatic carbocycles. The Hall–Kier alpha value is -1.58. The number of anilines is 1. The second-order valence-electron chi connectivity index (χ2n) is 4.85. The number of rotatable bonds is 2. The van der Waals surface area contributed by atoms with E-state index in [4.69, 9.17) is 0 Å². The normalized spacial score (nSPS) is 19.7. The zero-order valence-corrected chi connectivity index (χ0v) is 10.7. The van der Waals surface area contributed by atoms with Gasteiger partial charge >= 0.3 is 6.03 Å². The minimum atomic E-state index is -0.339. The topological polar surface area (TPSA) is 32.3 Å². The number of piperidine rings is 1. The van der Waals surface area contributed by atoms with E-state index >= 15 is 0 Å². The number of para-hydroxylation sites is 1. The van der Waals surface area contributed by atoms with Gasteiger partial charge in [0.2, 0.25) is 0 Å². The summed E-state index contributed by atoms with van der Waals surface area (Å²) < 4.78 is 12.6. The minimum absolute atomic E-state index is 0.00127. The van der Waals surface area contributed by atoms with Crippen molar-refractivity contribution in [2.45, 2.75) is 19.8 Å². The molecule has 0 saturated carbocycles. The number of nitrogens with zero attached hydrogens (tertiary/aromatic N) is 1. The Bertz CT molecular complexity index is 422. The van der Waals surface area contributed by atoms with Crippen molar-refractivity contribution < 1.29 is 9.18 Å². The number of aryl methyl sites for hydroxylation is 1. The lowest BCUT2D eigenvalue weighted by Gasteiger charge is -2.31. The highest BCUT2D eigenvalue weighted by Gasteiger charge is 2.23. The average molecular weight is 250 g/mol. The first kappa shape index (κ1) is 12.9. The summed E-state index contributed by atoms with van der Waals surface area (Å²) in [4.78, 5) is 13.8. The maximum Gasteiger partial charge on any atom is 0.321 e. The van der Waals surface area contributed by atoms with Crippen LogP contribution in [0.2, 0.25) is 0 Å². The zero-order chi connectivity index (χ0) is 13.0. The quantitative estimate of drug-likeness (QED) is 0.858. The summed E-state index contributed by atoms with van der Waals surface area (Å²) in [5, 5.41) is 2.89. The molecule has 98 valence electrons. The molecule has 1 aliphatic rings. The summed E-state index contributed by atoms with van der Waals surface area (Å²) in [5.74, 6) is 0.00127. The molecule has 1 aliphatic heterocycles. The molecule has 4 heteroatoms. The first-order valence-electron chi connectivity index (χ1n) is 6.38. The van der Waals surface area contributed by atoms with Gasteiger partial charge in [0.25, 0.3) is 0 Å². The van der Waals surface area contributed by atoms with Crippen LogP contribution in [-0.2, 0) is 0 Å². The molecule has 1 saturated heterocycles. The van der Waals surface area contributed by atoms with Crippen LogP contribution in [0.3, 0.4) is 0 Å². The van der Waals surface area contributed by atoms with E-state index in [1.54, 1.807) is 4.90 Å². The molecule has 1 aromatic carbocycles. The lowest BCUT2D eigenvalue weighted by molar-refractivity contribution is 0.164. The monoisotopic (exact) mass is 250 g/mol. The Kier molecular flexibility index (Phi) is 4.18. The van der Waals surface area contributed by atoms with Gasteiger partial charge in [-0.15, -0.1) is 0 Å². The minimum Gasteiger partial charge on any atom is -0.324 e. The highest BCUT2D eigenvalue weighted by atomic mass is 19.1. The van der Waals surface area contributed by atoms with Crippen LogP contribution >= 0.6 is 0 Å². The summed E-state index contributed by atoms with van der Waals surface area (Å²) in [6.07, 6.45) is 1.76. The van der Waals surface area contributed by atoms with Crippen LogP contribution in [0.1, 0.15) is 18.4 Å². The largest absolute Gasteiger partial charge is 0.324 e. The van der Waals surface area contributed by atoms with E-state index in [1.165, 1.54) is 0 Å². The lowest BCUT2D eigenvalue weighted by atomic mass is 10.00. The molecule has 18 heavy (non-hydrogen) atoms. The second kappa shape index (κ2) is 5.85. The molecule has 0 aromatic heterocycles. The Morgan fingerprint density at radius 1 is 1.50 bits per heavy atom. The molecule has 3 nitrogen and oxygen atoms in total. The van der Waals surface area contributed by atoms with Crippen molar-refractivity contribution in [3.05, 3.63) is 29.8 Å². The van der Waals surface area contributed by atoms with E-state index in [-0.39, 0.29) is 18.6 Å². The molecule has 1 fully saturated rings. The smallest absolute Gasteiger partial charge is 0.321 e. The Morgan fingerprint density at radius 2 is 2.28 bits per heavy atom. The van der Waals surface area contributed by atoms with Gasteiger partial charge < -0.3 is 10.2 Å². The third kappa shape index (κ3) is 3.00. The van der Waals surface area contributed by atoms with Crippen molar-refractivity contribution in [3.8, 4) is 0 Å². The van der Waals surface area contributed by atoms with Crippen LogP contribution in [0.5, 0.6) is 0 Å². The van der Waals surface area contributed by atoms with E-state index in [9.17, 15) is 9.18 Å². The molecule has 1 unspecified atom stereocenters. The molecule has 2 amide bonds. The van der Waals surface area contributed by atoms with Crippen LogP contribution in [0, 0.1) is 12.8 Å². The first-order chi connectivity index (χ1) is 8.70. The fourth-order valence-electron chi connectivity index (χ4n) is 2.28. The summed E-state index contributed by atoms with van der Waals surface area (Å²) in [6, 6.07) is 7.54. The molecular formula is C14H19FN2O. The standard InChI is InChI=1S/C14H19FN2O/c1-11-5-2-3-7-13(11)16-14(18)17-8-4-6-12(9-15)10-17/h2-3,5,7,12H,4,6,8-10H2,1H3,(H,16,18). The van der Waals surface area contributed by atoms with Crippen LogP contribution in [0.4, 0.5) is 14.9 Å². The Morgan fingerprint density at radius 3 is 3.00 bits per heavy atom. The van der Waals surface area contributed by atoms with Crippen molar-refractivity contribution in [3.63, 3.8) is 0 Å². The fourth-order valence-corrected chi connectivity index (χ4v) is 2.28. The maximum atomic E-state index is 12.6. The van der Waals surface area contributed by atoms with E-state index in [0.29, 0.717) is 13.1 Å². The van der Waals surface area contributed by atoms with Gasteiger partial charge in [-0.1, -0.05) is 18.2 Å². The van der Waals surface area contributed by atoms with E-state index < -0.39 is 0 Å². The number of urea groups is 1. The Labute approximate surface area is 107 Å². The molecule has 1 aromatic rings. The van der Waals surface area contributed by atoms with Crippen LogP contribution in [0.25, 0.3) is 0 Å². The van der Waals surface area contributed by atoms with Gasteiger partial charge in [-0.05, 0) is 31.4 Å². The first-order valence-corrected chi connectivity index (χ1v) is 6.38. The van der Waals surface area contributed by atoms with Gasteiger partial charge in [-0.3, -0.25) is 4.39 Å². The highest BCUT2D eigenvalue weighted by Crippen LogP contribution is 2.19. The molecule has 0 bridgehead atoms. The fraction of sp³-hybridized carbons (Fsp3) is 0.500. The van der Waals surface area contributed by atoms with Crippen molar-refractivity contribution >= 4 is 11.7 Å². The van der Waals surface area contributed by atoms with Gasteiger partial charge in [0.05, 0.1) is 6.67 Å². The number of amides is 2. The highest BCUT2D eigenvalue weighted by molar-refractivity contribution is 5.90. The zero-order valence-electron chi connectivity index (χ0n) is 10.7. The van der Waals surface area contributed by atoms with E-state index in [0.717, 1.165) is 24.1 Å². The van der Waals surface area contributed by atoms with Crippen LogP contribution in [0.15, 0.2) is 24.3 Å². The number of benzene rings is 1. The van der Waals surface area contributed by atoms with Gasteiger partial charge in [-0.2, -0.15) is 0 Å². The lowest BCUT2D eigenvalue weighted by Crippen LogP contribution is -2.42. The van der Waals surface area contributed by atoms with E-state index in [2.05, 4.69) is 5.32 Å². The number of hydrogen-bond acceptors (Lipinski definition) is 1. The number of alkyl halides is 1. The number of hydrogen-bond donors (Lipinski definition) is 1. The molecular weight excluding hydrogens is 231 g/mol. The summed E-state index contributed by atoms with van der Waals surface area (Å²) in [5.41, 5.74) is 1.86. The van der Waals surface area contributed by atoms with Crippen molar-refractivity contribution in [2.24, 2.45) is 5.92 Å². The molecule has 1 atom stereocenters. The average Bonchev–Trinajstić information content (AvgIpc) is 2.41. The van der Waals surface area contributed by atoms with Crippen molar-refractivity contribution in [1.82, 2.24) is 4.90 Å². The van der Waals surface area contributed by atoms with Crippen molar-refractivity contribution in [1.29, 1.82) is 0 Å². The van der Waals surface area contributed by atoms with Gasteiger partial charge in [0, 0.05) is 24.7 Å². The summed E-state index contributed by atoms with van der Waals surface area (Å²) in [7, 11) is 0. The number of nitrogens with one attached hydrogen (secondary N) is 1. The number of halogens is 1. The van der Waals surface area contributed by atoms with Crippen molar-refractivity contribution in [2.75, 3.05) is 25.1 Å². The molecule has 2 rings (SSSR count). The second-order valence-corrected chi connectivity index (χ2v) is 4.85. The number of carbonyl (C=O) groups excluding carboxylic acids is 1. The molecule has 1 N–H and O–H groups in total. The third-order valence-corrected chi connectivity index (χ3v) is 3.41. The van der Waals surface area contributed by atoms with E-state index in [1.807, 2.05) is 31.2 Å². The SMILES string of the molecule is Cc1ccccc1NC(=O)N1CCCC(CF)C1. The van der Waals surface area contributed by atoms with Gasteiger partial charge in [0.1, 0.15) is 0 Å². The summed E-state index contributed by atoms with van der Waals surface area (Å²) >= 11 is 0. The van der Waals surface area contributed by atoms with Gasteiger partial charge in [0.15, 0.2) is 0 Å². The van der Waals surface area contributed by atoms with Gasteiger partial charge in [-0.25, -0.2) is 4.79 Å². The molecule has 1 heterocycles.